The summed E-state index contributed by atoms with van der Waals surface area (Å²) in [6.07, 6.45) is 37.1. The Morgan fingerprint density at radius 2 is 0.939 bits per heavy atom. The predicted octanol–water partition coefficient (Wildman–Crippen LogP) is 9.96. The first-order chi connectivity index (χ1) is 16.3. The van der Waals surface area contributed by atoms with Crippen LogP contribution < -0.4 is 4.57 Å². The van der Waals surface area contributed by atoms with E-state index in [4.69, 9.17) is 0 Å². The van der Waals surface area contributed by atoms with Crippen LogP contribution in [0.15, 0.2) is 12.4 Å². The van der Waals surface area contributed by atoms with Gasteiger partial charge in [0.2, 0.25) is 0 Å². The fraction of sp³-hybridized carbons (Fsp3) is 0.903. The molecule has 0 unspecified atom stereocenters. The lowest BCUT2D eigenvalue weighted by Gasteiger charge is -2.06. The molecule has 2 nitrogen and oxygen atoms in total. The second kappa shape index (κ2) is 23.0. The van der Waals surface area contributed by atoms with Crippen LogP contribution in [0.25, 0.3) is 0 Å². The van der Waals surface area contributed by atoms with E-state index in [1.165, 1.54) is 161 Å². The molecular weight excluding hydrogens is 400 g/mol. The number of unbranched alkanes of at least 4 members (excludes halogenated alkanes) is 19. The van der Waals surface area contributed by atoms with Gasteiger partial charge in [0, 0.05) is 6.42 Å². The monoisotopic (exact) mass is 461 g/mol. The molecule has 1 heterocycles. The van der Waals surface area contributed by atoms with Crippen molar-refractivity contribution in [3.63, 3.8) is 0 Å². The Morgan fingerprint density at radius 3 is 1.42 bits per heavy atom. The van der Waals surface area contributed by atoms with E-state index in [9.17, 15) is 0 Å². The smallest absolute Gasteiger partial charge is 0.234 e. The zero-order chi connectivity index (χ0) is 23.8. The van der Waals surface area contributed by atoms with Crippen molar-refractivity contribution < 1.29 is 4.57 Å². The molecule has 0 N–H and O–H groups in total. The minimum Gasteiger partial charge on any atom is -0.234 e. The van der Waals surface area contributed by atoms with Crippen LogP contribution >= 0.6 is 0 Å². The van der Waals surface area contributed by atoms with E-state index in [1.807, 2.05) is 0 Å². The molecule has 0 amide bonds. The van der Waals surface area contributed by atoms with Crippen molar-refractivity contribution in [2.45, 2.75) is 182 Å². The molecule has 0 spiro atoms. The van der Waals surface area contributed by atoms with Crippen LogP contribution in [-0.2, 0) is 19.5 Å². The molecule has 194 valence electrons. The standard InChI is InChI=1S/C31H61N2/c1-4-7-10-12-13-14-15-16-17-18-19-20-21-22-24-26-31-32(27-9-6-3)29-30-33(31)28-25-23-11-8-5-2/h29-30H,4-28H2,1-3H3/q+1. The van der Waals surface area contributed by atoms with Crippen LogP contribution in [0.1, 0.15) is 168 Å². The number of imidazole rings is 1. The lowest BCUT2D eigenvalue weighted by atomic mass is 10.0. The quantitative estimate of drug-likeness (QED) is 0.101. The molecule has 0 atom stereocenters. The van der Waals surface area contributed by atoms with Crippen LogP contribution in [0.5, 0.6) is 0 Å². The third kappa shape index (κ3) is 16.5. The molecule has 0 fully saturated rings. The molecule has 2 heteroatoms. The summed E-state index contributed by atoms with van der Waals surface area (Å²) < 4.78 is 5.13. The van der Waals surface area contributed by atoms with E-state index >= 15 is 0 Å². The zero-order valence-corrected chi connectivity index (χ0v) is 23.2. The summed E-state index contributed by atoms with van der Waals surface area (Å²) in [4.78, 5) is 0. The first kappa shape index (κ1) is 30.2. The second-order valence-electron chi connectivity index (χ2n) is 10.6. The summed E-state index contributed by atoms with van der Waals surface area (Å²) in [6.45, 7) is 9.33. The minimum absolute atomic E-state index is 1.20. The fourth-order valence-corrected chi connectivity index (χ4v) is 5.06. The summed E-state index contributed by atoms with van der Waals surface area (Å²) in [5, 5.41) is 0. The van der Waals surface area contributed by atoms with Crippen LogP contribution in [0, 0.1) is 0 Å². The summed E-state index contributed by atoms with van der Waals surface area (Å²) >= 11 is 0. The third-order valence-corrected chi connectivity index (χ3v) is 7.35. The van der Waals surface area contributed by atoms with Gasteiger partial charge >= 0.3 is 0 Å². The van der Waals surface area contributed by atoms with Gasteiger partial charge in [-0.25, -0.2) is 9.13 Å². The van der Waals surface area contributed by atoms with E-state index in [1.54, 1.807) is 5.82 Å². The fourth-order valence-electron chi connectivity index (χ4n) is 5.06. The summed E-state index contributed by atoms with van der Waals surface area (Å²) in [5.41, 5.74) is 0. The lowest BCUT2D eigenvalue weighted by Crippen LogP contribution is -2.37. The van der Waals surface area contributed by atoms with Gasteiger partial charge in [-0.3, -0.25) is 0 Å². The average Bonchev–Trinajstić information content (AvgIpc) is 3.21. The van der Waals surface area contributed by atoms with Crippen LogP contribution in [0.2, 0.25) is 0 Å². The Balaban J connectivity index is 2.10. The highest BCUT2D eigenvalue weighted by Crippen LogP contribution is 2.14. The second-order valence-corrected chi connectivity index (χ2v) is 10.6. The van der Waals surface area contributed by atoms with E-state index in [0.29, 0.717) is 0 Å². The zero-order valence-electron chi connectivity index (χ0n) is 23.2. The molecule has 1 aromatic heterocycles. The molecule has 1 aromatic rings. The van der Waals surface area contributed by atoms with Gasteiger partial charge in [0.05, 0.1) is 13.1 Å². The number of nitrogens with zero attached hydrogens (tertiary/aromatic N) is 2. The predicted molar refractivity (Wildman–Crippen MR) is 147 cm³/mol. The molecule has 0 aliphatic carbocycles. The van der Waals surface area contributed by atoms with Crippen molar-refractivity contribution in [1.29, 1.82) is 0 Å². The Morgan fingerprint density at radius 1 is 0.515 bits per heavy atom. The van der Waals surface area contributed by atoms with Gasteiger partial charge in [0.15, 0.2) is 0 Å². The summed E-state index contributed by atoms with van der Waals surface area (Å²) in [7, 11) is 0. The van der Waals surface area contributed by atoms with Gasteiger partial charge in [0.25, 0.3) is 5.82 Å². The topological polar surface area (TPSA) is 8.81 Å². The highest BCUT2D eigenvalue weighted by molar-refractivity contribution is 4.84. The molecule has 0 aliphatic rings. The van der Waals surface area contributed by atoms with Crippen molar-refractivity contribution in [3.8, 4) is 0 Å². The SMILES string of the molecule is CCCCCCCCCCCCCCCCCc1n(CCCCCCC)cc[n+]1CCCC. The summed E-state index contributed by atoms with van der Waals surface area (Å²) in [5.74, 6) is 1.59. The maximum atomic E-state index is 2.57. The Bertz CT molecular complexity index is 519. The van der Waals surface area contributed by atoms with Gasteiger partial charge < -0.3 is 0 Å². The normalized spacial score (nSPS) is 11.5. The van der Waals surface area contributed by atoms with Gasteiger partial charge in [-0.2, -0.15) is 0 Å². The molecule has 33 heavy (non-hydrogen) atoms. The Kier molecular flexibility index (Phi) is 21.1. The molecule has 0 saturated carbocycles. The van der Waals surface area contributed by atoms with E-state index in [2.05, 4.69) is 42.3 Å². The molecular formula is C31H61N2+. The van der Waals surface area contributed by atoms with Gasteiger partial charge in [-0.15, -0.1) is 0 Å². The molecule has 0 aliphatic heterocycles. The lowest BCUT2D eigenvalue weighted by molar-refractivity contribution is -0.704. The number of aryl methyl sites for hydroxylation is 2. The molecule has 0 bridgehead atoms. The molecule has 0 aromatic carbocycles. The van der Waals surface area contributed by atoms with Crippen molar-refractivity contribution in [1.82, 2.24) is 4.57 Å². The molecule has 0 radical (unpaired) electrons. The van der Waals surface area contributed by atoms with Gasteiger partial charge in [-0.05, 0) is 25.7 Å². The number of hydrogen-bond acceptors (Lipinski definition) is 0. The molecule has 0 saturated heterocycles. The average molecular weight is 462 g/mol. The third-order valence-electron chi connectivity index (χ3n) is 7.35. The summed E-state index contributed by atoms with van der Waals surface area (Å²) in [6, 6.07) is 0. The van der Waals surface area contributed by atoms with Gasteiger partial charge in [-0.1, -0.05) is 136 Å². The van der Waals surface area contributed by atoms with E-state index in [0.717, 1.165) is 0 Å². The Hall–Kier alpha value is -0.790. The first-order valence-electron chi connectivity index (χ1n) is 15.4. The number of hydrogen-bond donors (Lipinski definition) is 0. The maximum absolute atomic E-state index is 2.57. The largest absolute Gasteiger partial charge is 0.256 e. The van der Waals surface area contributed by atoms with Crippen LogP contribution in [0.3, 0.4) is 0 Å². The van der Waals surface area contributed by atoms with Crippen LogP contribution in [0.4, 0.5) is 0 Å². The number of aromatic nitrogens is 2. The van der Waals surface area contributed by atoms with Crippen molar-refractivity contribution in [2.75, 3.05) is 0 Å². The van der Waals surface area contributed by atoms with Crippen molar-refractivity contribution in [2.24, 2.45) is 0 Å². The van der Waals surface area contributed by atoms with Gasteiger partial charge in [0.1, 0.15) is 12.4 Å². The maximum Gasteiger partial charge on any atom is 0.256 e. The van der Waals surface area contributed by atoms with Crippen molar-refractivity contribution >= 4 is 0 Å². The number of rotatable bonds is 25. The molecule has 1 rings (SSSR count). The van der Waals surface area contributed by atoms with Crippen LogP contribution in [-0.4, -0.2) is 4.57 Å². The highest BCUT2D eigenvalue weighted by atomic mass is 15.1. The Labute approximate surface area is 208 Å². The van der Waals surface area contributed by atoms with E-state index in [-0.39, 0.29) is 0 Å². The first-order valence-corrected chi connectivity index (χ1v) is 15.4. The highest BCUT2D eigenvalue weighted by Gasteiger charge is 2.16. The van der Waals surface area contributed by atoms with E-state index < -0.39 is 0 Å². The van der Waals surface area contributed by atoms with Crippen molar-refractivity contribution in [3.05, 3.63) is 18.2 Å². The minimum atomic E-state index is 1.20.